The minimum absolute atomic E-state index is 0.0226. The number of likely N-dealkylation sites (N-methyl/N-ethyl adjacent to an activating group) is 1. The molecule has 0 saturated carbocycles. The fourth-order valence-corrected chi connectivity index (χ4v) is 4.51. The van der Waals surface area contributed by atoms with Gasteiger partial charge in [0.05, 0.1) is 27.1 Å². The lowest BCUT2D eigenvalue weighted by molar-refractivity contribution is -0.134. The van der Waals surface area contributed by atoms with Crippen molar-refractivity contribution in [2.75, 3.05) is 25.2 Å². The van der Waals surface area contributed by atoms with Crippen LogP contribution < -0.4 is 0 Å². The van der Waals surface area contributed by atoms with Gasteiger partial charge in [-0.2, -0.15) is 0 Å². The van der Waals surface area contributed by atoms with E-state index in [-0.39, 0.29) is 27.1 Å². The van der Waals surface area contributed by atoms with E-state index in [0.29, 0.717) is 6.42 Å². The zero-order valence-corrected chi connectivity index (χ0v) is 14.9. The molecule has 1 aromatic rings. The van der Waals surface area contributed by atoms with Gasteiger partial charge in [-0.3, -0.25) is 4.79 Å². The summed E-state index contributed by atoms with van der Waals surface area (Å²) < 4.78 is 41.1. The van der Waals surface area contributed by atoms with Gasteiger partial charge in [-0.15, -0.1) is 0 Å². The van der Waals surface area contributed by atoms with Gasteiger partial charge in [0.1, 0.15) is 5.82 Å². The van der Waals surface area contributed by atoms with Crippen molar-refractivity contribution in [3.63, 3.8) is 0 Å². The molecule has 1 aliphatic rings. The smallest absolute Gasteiger partial charge is 0.340 e. The maximum atomic E-state index is 13.4. The summed E-state index contributed by atoms with van der Waals surface area (Å²) in [5.74, 6) is -2.47. The first kappa shape index (κ1) is 19.0. The molecule has 1 aromatic carbocycles. The molecule has 0 spiro atoms. The average molecular weight is 398 g/mol. The molecule has 24 heavy (non-hydrogen) atoms. The van der Waals surface area contributed by atoms with E-state index in [2.05, 4.69) is 0 Å². The molecule has 0 bridgehead atoms. The SMILES string of the molecule is CN(C(=O)COC(=O)c1cc(F)c(Cl)cc1Cl)[C@@H]1CCS(=O)(=O)C1. The highest BCUT2D eigenvalue weighted by atomic mass is 35.5. The standard InChI is InChI=1S/C14H14Cl2FNO5S/c1-18(8-2-3-24(21,22)7-8)13(19)6-23-14(20)9-4-12(17)11(16)5-10(9)15/h4-5,8H,2-3,6-7H2,1H3/t8-/m1/s1. The number of nitrogens with zero attached hydrogens (tertiary/aromatic N) is 1. The summed E-state index contributed by atoms with van der Waals surface area (Å²) in [7, 11) is -1.69. The minimum atomic E-state index is -3.14. The largest absolute Gasteiger partial charge is 0.452 e. The van der Waals surface area contributed by atoms with Crippen LogP contribution in [-0.4, -0.2) is 56.4 Å². The normalized spacial score (nSPS) is 19.1. The predicted molar refractivity (Wildman–Crippen MR) is 86.5 cm³/mol. The van der Waals surface area contributed by atoms with Gasteiger partial charge < -0.3 is 9.64 Å². The molecular formula is C14H14Cl2FNO5S. The lowest BCUT2D eigenvalue weighted by Crippen LogP contribution is -2.40. The number of halogens is 3. The average Bonchev–Trinajstić information content (AvgIpc) is 2.87. The number of benzene rings is 1. The Labute approximate surface area is 148 Å². The van der Waals surface area contributed by atoms with Crippen LogP contribution in [0.1, 0.15) is 16.8 Å². The number of hydrogen-bond donors (Lipinski definition) is 0. The maximum absolute atomic E-state index is 13.4. The Hall–Kier alpha value is -1.38. The van der Waals surface area contributed by atoms with E-state index >= 15 is 0 Å². The van der Waals surface area contributed by atoms with Crippen molar-refractivity contribution < 1.29 is 27.1 Å². The van der Waals surface area contributed by atoms with Crippen LogP contribution >= 0.6 is 23.2 Å². The first-order valence-electron chi connectivity index (χ1n) is 6.88. The second-order valence-corrected chi connectivity index (χ2v) is 8.43. The third-order valence-corrected chi connectivity index (χ3v) is 6.06. The van der Waals surface area contributed by atoms with E-state index in [1.54, 1.807) is 0 Å². The fraction of sp³-hybridized carbons (Fsp3) is 0.429. The summed E-state index contributed by atoms with van der Waals surface area (Å²) in [5.41, 5.74) is -0.252. The van der Waals surface area contributed by atoms with Gasteiger partial charge in [0.25, 0.3) is 5.91 Å². The number of carbonyl (C=O) groups is 2. The second-order valence-electron chi connectivity index (χ2n) is 5.38. The molecule has 2 rings (SSSR count). The molecule has 1 saturated heterocycles. The van der Waals surface area contributed by atoms with Crippen LogP contribution in [0.25, 0.3) is 0 Å². The zero-order chi connectivity index (χ0) is 18.1. The van der Waals surface area contributed by atoms with Crippen LogP contribution in [-0.2, 0) is 19.4 Å². The molecule has 0 aliphatic carbocycles. The molecule has 0 radical (unpaired) electrons. The van der Waals surface area contributed by atoms with Crippen LogP contribution in [0.2, 0.25) is 10.0 Å². The van der Waals surface area contributed by atoms with Gasteiger partial charge in [0.15, 0.2) is 16.4 Å². The number of carbonyl (C=O) groups excluding carboxylic acids is 2. The van der Waals surface area contributed by atoms with Gasteiger partial charge in [0.2, 0.25) is 0 Å². The van der Waals surface area contributed by atoms with Crippen molar-refractivity contribution in [1.82, 2.24) is 4.90 Å². The minimum Gasteiger partial charge on any atom is -0.452 e. The summed E-state index contributed by atoms with van der Waals surface area (Å²) >= 11 is 11.3. The van der Waals surface area contributed by atoms with Crippen molar-refractivity contribution in [1.29, 1.82) is 0 Å². The van der Waals surface area contributed by atoms with Gasteiger partial charge in [-0.25, -0.2) is 17.6 Å². The Morgan fingerprint density at radius 3 is 2.58 bits per heavy atom. The molecule has 1 fully saturated rings. The molecule has 0 aromatic heterocycles. The molecule has 0 unspecified atom stereocenters. The molecule has 1 amide bonds. The van der Waals surface area contributed by atoms with Gasteiger partial charge >= 0.3 is 5.97 Å². The molecule has 0 N–H and O–H groups in total. The van der Waals surface area contributed by atoms with E-state index in [0.717, 1.165) is 12.1 Å². The highest BCUT2D eigenvalue weighted by Crippen LogP contribution is 2.25. The van der Waals surface area contributed by atoms with Crippen LogP contribution in [0.3, 0.4) is 0 Å². The summed E-state index contributed by atoms with van der Waals surface area (Å²) in [4.78, 5) is 25.1. The Balaban J connectivity index is 1.96. The van der Waals surface area contributed by atoms with Crippen molar-refractivity contribution in [3.05, 3.63) is 33.6 Å². The van der Waals surface area contributed by atoms with Crippen LogP contribution in [0, 0.1) is 5.82 Å². The monoisotopic (exact) mass is 397 g/mol. The second kappa shape index (κ2) is 7.25. The Morgan fingerprint density at radius 2 is 2.00 bits per heavy atom. The first-order valence-corrected chi connectivity index (χ1v) is 9.46. The molecule has 10 heteroatoms. The topological polar surface area (TPSA) is 80.8 Å². The molecule has 1 atom stereocenters. The quantitative estimate of drug-likeness (QED) is 0.572. The lowest BCUT2D eigenvalue weighted by Gasteiger charge is -2.23. The van der Waals surface area contributed by atoms with Gasteiger partial charge in [0, 0.05) is 13.1 Å². The number of esters is 1. The first-order chi connectivity index (χ1) is 11.1. The number of hydrogen-bond acceptors (Lipinski definition) is 5. The number of amides is 1. The van der Waals surface area contributed by atoms with Crippen LogP contribution in [0.5, 0.6) is 0 Å². The molecular weight excluding hydrogens is 384 g/mol. The van der Waals surface area contributed by atoms with E-state index in [1.807, 2.05) is 0 Å². The van der Waals surface area contributed by atoms with Crippen LogP contribution in [0.4, 0.5) is 4.39 Å². The number of rotatable bonds is 4. The van der Waals surface area contributed by atoms with Crippen molar-refractivity contribution in [3.8, 4) is 0 Å². The maximum Gasteiger partial charge on any atom is 0.340 e. The van der Waals surface area contributed by atoms with E-state index < -0.39 is 40.2 Å². The number of ether oxygens (including phenoxy) is 1. The van der Waals surface area contributed by atoms with Gasteiger partial charge in [-0.1, -0.05) is 23.2 Å². The third-order valence-electron chi connectivity index (χ3n) is 3.71. The highest BCUT2D eigenvalue weighted by molar-refractivity contribution is 7.91. The van der Waals surface area contributed by atoms with Crippen molar-refractivity contribution in [2.24, 2.45) is 0 Å². The Bertz CT molecular complexity index is 784. The van der Waals surface area contributed by atoms with E-state index in [4.69, 9.17) is 27.9 Å². The lowest BCUT2D eigenvalue weighted by atomic mass is 10.2. The summed E-state index contributed by atoms with van der Waals surface area (Å²) in [6, 6.07) is 1.44. The number of sulfone groups is 1. The summed E-state index contributed by atoms with van der Waals surface area (Å²) in [5, 5.41) is -0.344. The van der Waals surface area contributed by atoms with E-state index in [9.17, 15) is 22.4 Å². The molecule has 1 heterocycles. The summed E-state index contributed by atoms with van der Waals surface area (Å²) in [6.07, 6.45) is 0.340. The Morgan fingerprint density at radius 1 is 1.33 bits per heavy atom. The van der Waals surface area contributed by atoms with Gasteiger partial charge in [-0.05, 0) is 18.6 Å². The zero-order valence-electron chi connectivity index (χ0n) is 12.6. The van der Waals surface area contributed by atoms with E-state index in [1.165, 1.54) is 11.9 Å². The van der Waals surface area contributed by atoms with Crippen LogP contribution in [0.15, 0.2) is 12.1 Å². The summed E-state index contributed by atoms with van der Waals surface area (Å²) in [6.45, 7) is -0.605. The highest BCUT2D eigenvalue weighted by Gasteiger charge is 2.33. The van der Waals surface area contributed by atoms with Crippen molar-refractivity contribution in [2.45, 2.75) is 12.5 Å². The molecule has 6 nitrogen and oxygen atoms in total. The third kappa shape index (κ3) is 4.37. The molecule has 1 aliphatic heterocycles. The van der Waals surface area contributed by atoms with Crippen molar-refractivity contribution >= 4 is 44.9 Å². The predicted octanol–water partition coefficient (Wildman–Crippen LogP) is 1.93. The fourth-order valence-electron chi connectivity index (χ4n) is 2.27. The Kier molecular flexibility index (Phi) is 5.72. The molecule has 132 valence electrons.